The molecule has 12 heteroatoms. The molecule has 1 aromatic heterocycles. The Morgan fingerprint density at radius 3 is 2.24 bits per heavy atom. The van der Waals surface area contributed by atoms with Gasteiger partial charge in [-0.2, -0.15) is 0 Å². The summed E-state index contributed by atoms with van der Waals surface area (Å²) in [6, 6.07) is 7.47. The summed E-state index contributed by atoms with van der Waals surface area (Å²) >= 11 is 0. The van der Waals surface area contributed by atoms with Crippen molar-refractivity contribution < 1.29 is 42.7 Å². The Balaban J connectivity index is 1.50. The maximum absolute atomic E-state index is 13.5. The molecular formula is C25H27N3O9. The van der Waals surface area contributed by atoms with Crippen LogP contribution in [0.1, 0.15) is 62.6 Å². The number of aromatic nitrogens is 1. The molecule has 0 bridgehead atoms. The van der Waals surface area contributed by atoms with Crippen molar-refractivity contribution in [1.82, 2.24) is 15.0 Å². The van der Waals surface area contributed by atoms with Crippen molar-refractivity contribution >= 4 is 29.7 Å². The molecule has 0 unspecified atom stereocenters. The molecule has 0 saturated carbocycles. The number of esters is 2. The lowest BCUT2D eigenvalue weighted by Crippen LogP contribution is -2.51. The molecule has 2 atom stereocenters. The van der Waals surface area contributed by atoms with Crippen molar-refractivity contribution in [3.8, 4) is 0 Å². The van der Waals surface area contributed by atoms with Crippen molar-refractivity contribution in [2.75, 3.05) is 27.3 Å². The first-order chi connectivity index (χ1) is 17.9. The molecule has 0 aliphatic carbocycles. The van der Waals surface area contributed by atoms with Crippen LogP contribution in [0.3, 0.4) is 0 Å². The molecule has 37 heavy (non-hydrogen) atoms. The zero-order valence-corrected chi connectivity index (χ0v) is 20.5. The van der Waals surface area contributed by atoms with Gasteiger partial charge in [0.2, 0.25) is 11.7 Å². The summed E-state index contributed by atoms with van der Waals surface area (Å²) in [5.41, 5.74) is -0.0448. The van der Waals surface area contributed by atoms with Crippen LogP contribution in [0.25, 0.3) is 0 Å². The van der Waals surface area contributed by atoms with E-state index in [0.29, 0.717) is 32.2 Å². The number of carbonyl (C=O) groups excluding carboxylic acids is 5. The number of hydrogen-bond acceptors (Lipinski definition) is 10. The Hall–Kier alpha value is -4.22. The van der Waals surface area contributed by atoms with Gasteiger partial charge in [0.15, 0.2) is 5.69 Å². The fourth-order valence-electron chi connectivity index (χ4n) is 4.68. The van der Waals surface area contributed by atoms with Crippen LogP contribution in [0.5, 0.6) is 0 Å². The first kappa shape index (κ1) is 25.9. The number of benzene rings is 1. The van der Waals surface area contributed by atoms with Gasteiger partial charge in [-0.05, 0) is 31.2 Å². The van der Waals surface area contributed by atoms with Gasteiger partial charge in [-0.1, -0.05) is 35.5 Å². The van der Waals surface area contributed by atoms with E-state index in [1.54, 1.807) is 0 Å². The Morgan fingerprint density at radius 1 is 0.919 bits per heavy atom. The number of Topliss-reactive ketones (excluding diaryl/α,β-unsaturated/α-hetero) is 1. The predicted molar refractivity (Wildman–Crippen MR) is 125 cm³/mol. The maximum Gasteiger partial charge on any atom is 0.410 e. The lowest BCUT2D eigenvalue weighted by molar-refractivity contribution is -0.135. The maximum atomic E-state index is 13.5. The van der Waals surface area contributed by atoms with Crippen molar-refractivity contribution in [1.29, 1.82) is 0 Å². The van der Waals surface area contributed by atoms with Crippen molar-refractivity contribution in [2.24, 2.45) is 0 Å². The third-order valence-electron chi connectivity index (χ3n) is 6.50. The van der Waals surface area contributed by atoms with Gasteiger partial charge in [0.25, 0.3) is 5.76 Å². The second kappa shape index (κ2) is 11.2. The van der Waals surface area contributed by atoms with Gasteiger partial charge in [0.1, 0.15) is 18.2 Å². The van der Waals surface area contributed by atoms with E-state index in [0.717, 1.165) is 19.8 Å². The summed E-state index contributed by atoms with van der Waals surface area (Å²) in [5, 5.41) is 3.64. The normalized spacial score (nSPS) is 19.0. The van der Waals surface area contributed by atoms with Crippen LogP contribution < -0.4 is 0 Å². The van der Waals surface area contributed by atoms with Crippen LogP contribution >= 0.6 is 0 Å². The van der Waals surface area contributed by atoms with E-state index in [4.69, 9.17) is 14.0 Å². The van der Waals surface area contributed by atoms with Gasteiger partial charge >= 0.3 is 18.0 Å². The van der Waals surface area contributed by atoms with Gasteiger partial charge in [-0.25, -0.2) is 14.4 Å². The molecule has 0 radical (unpaired) electrons. The highest BCUT2D eigenvalue weighted by molar-refractivity contribution is 6.12. The molecule has 2 aliphatic heterocycles. The number of likely N-dealkylation sites (tertiary alicyclic amines) is 2. The number of ketones is 1. The zero-order chi connectivity index (χ0) is 26.5. The lowest BCUT2D eigenvalue weighted by Gasteiger charge is -2.30. The molecule has 2 fully saturated rings. The molecule has 0 N–H and O–H groups in total. The monoisotopic (exact) mass is 513 g/mol. The highest BCUT2D eigenvalue weighted by Gasteiger charge is 2.45. The topological polar surface area (TPSA) is 146 Å². The molecule has 2 saturated heterocycles. The van der Waals surface area contributed by atoms with E-state index in [-0.39, 0.29) is 19.1 Å². The van der Waals surface area contributed by atoms with E-state index >= 15 is 0 Å². The molecule has 3 heterocycles. The van der Waals surface area contributed by atoms with Gasteiger partial charge in [0.05, 0.1) is 20.3 Å². The summed E-state index contributed by atoms with van der Waals surface area (Å²) in [6.07, 6.45) is 1.29. The smallest absolute Gasteiger partial charge is 0.410 e. The molecule has 1 aromatic carbocycles. The summed E-state index contributed by atoms with van der Waals surface area (Å²) in [4.78, 5) is 66.9. The highest BCUT2D eigenvalue weighted by Crippen LogP contribution is 2.29. The molecule has 12 nitrogen and oxygen atoms in total. The van der Waals surface area contributed by atoms with Crippen molar-refractivity contribution in [3.63, 3.8) is 0 Å². The SMILES string of the molecule is COC(=O)c1onc(C(=O)[C@@H]2CCCN2C(=O)[C@@H]2CCCN2C(=O)OCc2ccccc2)c1C(=O)OC. The minimum atomic E-state index is -0.998. The standard InChI is InChI=1S/C25H27N3O9/c1-34-23(31)18-19(26-37-21(18)24(32)35-2)20(29)16-10-6-12-27(16)22(30)17-11-7-13-28(17)25(33)36-14-15-8-4-3-5-9-15/h3-5,8-9,16-17H,6-7,10-14H2,1-2H3/t16-,17-/m0/s1. The molecular weight excluding hydrogens is 486 g/mol. The first-order valence-corrected chi connectivity index (χ1v) is 11.9. The van der Waals surface area contributed by atoms with Crippen LogP contribution in [-0.2, 0) is 25.6 Å². The summed E-state index contributed by atoms with van der Waals surface area (Å²) in [7, 11) is 2.17. The van der Waals surface area contributed by atoms with Crippen molar-refractivity contribution in [2.45, 2.75) is 44.4 Å². The zero-order valence-electron chi connectivity index (χ0n) is 20.5. The fourth-order valence-corrected chi connectivity index (χ4v) is 4.68. The number of rotatable bonds is 7. The third kappa shape index (κ3) is 5.18. The molecule has 0 spiro atoms. The van der Waals surface area contributed by atoms with Gasteiger partial charge < -0.3 is 23.6 Å². The summed E-state index contributed by atoms with van der Waals surface area (Å²) < 4.78 is 19.7. The quantitative estimate of drug-likeness (QED) is 0.307. The average molecular weight is 514 g/mol. The van der Waals surface area contributed by atoms with Crippen LogP contribution in [0.2, 0.25) is 0 Å². The number of hydrogen-bond donors (Lipinski definition) is 0. The van der Waals surface area contributed by atoms with Crippen LogP contribution in [0.15, 0.2) is 34.9 Å². The summed E-state index contributed by atoms with van der Waals surface area (Å²) in [6.45, 7) is 0.718. The van der Waals surface area contributed by atoms with E-state index < -0.39 is 52.9 Å². The van der Waals surface area contributed by atoms with Crippen LogP contribution in [0.4, 0.5) is 4.79 Å². The van der Waals surface area contributed by atoms with Crippen molar-refractivity contribution in [3.05, 3.63) is 52.9 Å². The number of ether oxygens (including phenoxy) is 3. The second-order valence-corrected chi connectivity index (χ2v) is 8.66. The van der Waals surface area contributed by atoms with E-state index in [1.165, 1.54) is 9.80 Å². The molecule has 2 aliphatic rings. The Morgan fingerprint density at radius 2 is 1.57 bits per heavy atom. The average Bonchev–Trinajstić information content (AvgIpc) is 3.70. The number of methoxy groups -OCH3 is 2. The number of carbonyl (C=O) groups is 5. The first-order valence-electron chi connectivity index (χ1n) is 11.9. The molecule has 2 aromatic rings. The Bertz CT molecular complexity index is 1190. The van der Waals surface area contributed by atoms with E-state index in [2.05, 4.69) is 9.89 Å². The largest absolute Gasteiger partial charge is 0.465 e. The third-order valence-corrected chi connectivity index (χ3v) is 6.50. The van der Waals surface area contributed by atoms with Gasteiger partial charge in [-0.15, -0.1) is 0 Å². The Kier molecular flexibility index (Phi) is 7.85. The lowest BCUT2D eigenvalue weighted by atomic mass is 10.0. The Labute approximate surface area is 212 Å². The minimum absolute atomic E-state index is 0.0763. The summed E-state index contributed by atoms with van der Waals surface area (Å²) in [5.74, 6) is -3.61. The fraction of sp³-hybridized carbons (Fsp3) is 0.440. The van der Waals surface area contributed by atoms with E-state index in [1.807, 2.05) is 30.3 Å². The van der Waals surface area contributed by atoms with E-state index in [9.17, 15) is 24.0 Å². The minimum Gasteiger partial charge on any atom is -0.465 e. The van der Waals surface area contributed by atoms with Gasteiger partial charge in [-0.3, -0.25) is 14.5 Å². The van der Waals surface area contributed by atoms with Crippen LogP contribution in [0, 0.1) is 0 Å². The van der Waals surface area contributed by atoms with Gasteiger partial charge in [0, 0.05) is 13.1 Å². The highest BCUT2D eigenvalue weighted by atomic mass is 16.6. The number of amides is 2. The molecule has 196 valence electrons. The van der Waals surface area contributed by atoms with Crippen LogP contribution in [-0.4, -0.2) is 84.1 Å². The predicted octanol–water partition coefficient (Wildman–Crippen LogP) is 2.22. The molecule has 4 rings (SSSR count). The molecule has 2 amide bonds. The second-order valence-electron chi connectivity index (χ2n) is 8.66. The number of nitrogens with zero attached hydrogens (tertiary/aromatic N) is 3.